The average Bonchev–Trinajstić information content (AvgIpc) is 1.87. The topological polar surface area (TPSA) is 40.5 Å². The normalized spacial score (nSPS) is 15.0. The molecule has 0 spiro atoms. The second kappa shape index (κ2) is 5.95. The van der Waals surface area contributed by atoms with Crippen molar-refractivity contribution in [1.82, 2.24) is 0 Å². The van der Waals surface area contributed by atoms with Crippen molar-refractivity contribution < 1.29 is 9.79 Å². The summed E-state index contributed by atoms with van der Waals surface area (Å²) in [6.07, 6.45) is 0. The van der Waals surface area contributed by atoms with Crippen LogP contribution >= 0.6 is 29.7 Å². The molecule has 0 aliphatic heterocycles. The molecule has 0 rings (SSSR count). The highest BCUT2D eigenvalue weighted by atomic mass is 32.9. The van der Waals surface area contributed by atoms with Gasteiger partial charge in [0, 0.05) is 5.08 Å². The molecule has 0 radical (unpaired) electrons. The maximum atomic E-state index is 9.23. The van der Waals surface area contributed by atoms with Gasteiger partial charge in [0.2, 0.25) is 0 Å². The highest BCUT2D eigenvalue weighted by molar-refractivity contribution is 8.66. The van der Waals surface area contributed by atoms with Crippen LogP contribution in [0.3, 0.4) is 0 Å². The van der Waals surface area contributed by atoms with Crippen LogP contribution < -0.4 is 0 Å². The number of thiol groups is 1. The molecule has 0 bridgehead atoms. The lowest BCUT2D eigenvalue weighted by Crippen LogP contribution is -1.97. The molecule has 0 fully saturated rings. The van der Waals surface area contributed by atoms with Gasteiger partial charge in [0.1, 0.15) is 0 Å². The van der Waals surface area contributed by atoms with Crippen molar-refractivity contribution >= 4 is 39.8 Å². The quantitative estimate of drug-likeness (QED) is 0.514. The molecular weight excluding hydrogens is 219 g/mol. The summed E-state index contributed by atoms with van der Waals surface area (Å²) in [5, 5.41) is 0.831. The maximum Gasteiger partial charge on any atom is 0.199 e. The summed E-state index contributed by atoms with van der Waals surface area (Å²) < 4.78 is 0. The van der Waals surface area contributed by atoms with E-state index in [0.717, 1.165) is 16.6 Å². The fourth-order valence-electron chi connectivity index (χ4n) is 0.507. The lowest BCUT2D eigenvalue weighted by atomic mass is 11.0. The second-order valence-electron chi connectivity index (χ2n) is 1.87. The lowest BCUT2D eigenvalue weighted by Gasteiger charge is -2.13. The SMILES string of the molecule is CCSCS(CC)=P(O)(O)S. The van der Waals surface area contributed by atoms with E-state index in [9.17, 15) is 9.79 Å². The van der Waals surface area contributed by atoms with Gasteiger partial charge in [-0.25, -0.2) is 0 Å². The van der Waals surface area contributed by atoms with Gasteiger partial charge < -0.3 is 9.79 Å². The molecule has 0 aliphatic rings. The van der Waals surface area contributed by atoms with Gasteiger partial charge in [-0.2, -0.15) is 11.8 Å². The highest BCUT2D eigenvalue weighted by Crippen LogP contribution is 2.47. The number of hydrogen-bond acceptors (Lipinski definition) is 1. The zero-order valence-corrected chi connectivity index (χ0v) is 10.1. The maximum absolute atomic E-state index is 9.23. The van der Waals surface area contributed by atoms with Crippen LogP contribution in [0.4, 0.5) is 0 Å². The summed E-state index contributed by atoms with van der Waals surface area (Å²) >= 11 is 5.56. The van der Waals surface area contributed by atoms with Crippen molar-refractivity contribution in [3.8, 4) is 0 Å². The fraction of sp³-hybridized carbons (Fsp3) is 1.00. The van der Waals surface area contributed by atoms with Gasteiger partial charge in [-0.05, 0) is 11.5 Å². The third-order valence-electron chi connectivity index (χ3n) is 1.10. The highest BCUT2D eigenvalue weighted by Gasteiger charge is 2.08. The summed E-state index contributed by atoms with van der Waals surface area (Å²) in [5.74, 6) is 1.84. The molecule has 6 heteroatoms. The van der Waals surface area contributed by atoms with E-state index in [2.05, 4.69) is 19.2 Å². The van der Waals surface area contributed by atoms with Crippen LogP contribution in [0.15, 0.2) is 0 Å². The van der Waals surface area contributed by atoms with Crippen LogP contribution in [-0.4, -0.2) is 26.4 Å². The van der Waals surface area contributed by atoms with E-state index < -0.39 is 5.69 Å². The van der Waals surface area contributed by atoms with Crippen LogP contribution in [0.2, 0.25) is 0 Å². The molecule has 0 amide bonds. The zero-order valence-electron chi connectivity index (χ0n) is 6.73. The number of thioether (sulfide) groups is 1. The first-order chi connectivity index (χ1) is 5.02. The zero-order chi connectivity index (χ0) is 8.91. The van der Waals surface area contributed by atoms with Crippen LogP contribution in [0.5, 0.6) is 0 Å². The van der Waals surface area contributed by atoms with Crippen molar-refractivity contribution in [3.63, 3.8) is 0 Å². The predicted octanol–water partition coefficient (Wildman–Crippen LogP) is 1.93. The molecule has 70 valence electrons. The minimum atomic E-state index is -2.85. The van der Waals surface area contributed by atoms with E-state index in [1.54, 1.807) is 11.8 Å². The van der Waals surface area contributed by atoms with E-state index in [1.165, 1.54) is 0 Å². The molecule has 0 saturated carbocycles. The van der Waals surface area contributed by atoms with Crippen LogP contribution in [0, 0.1) is 0 Å². The smallest absolute Gasteiger partial charge is 0.199 e. The molecule has 0 heterocycles. The Morgan fingerprint density at radius 2 is 2.00 bits per heavy atom. The minimum absolute atomic E-state index is 0.299. The minimum Gasteiger partial charge on any atom is -0.341 e. The molecule has 0 aromatic heterocycles. The van der Waals surface area contributed by atoms with Crippen molar-refractivity contribution in [2.45, 2.75) is 13.8 Å². The number of hydrogen-bond donors (Lipinski definition) is 3. The monoisotopic (exact) mass is 234 g/mol. The second-order valence-corrected chi connectivity index (χ2v) is 11.9. The van der Waals surface area contributed by atoms with Gasteiger partial charge in [0.25, 0.3) is 0 Å². The molecule has 0 aromatic rings. The molecule has 2 N–H and O–H groups in total. The van der Waals surface area contributed by atoms with E-state index in [4.69, 9.17) is 0 Å². The summed E-state index contributed by atoms with van der Waals surface area (Å²) in [7, 11) is -0.299. The van der Waals surface area contributed by atoms with Crippen LogP contribution in [0.1, 0.15) is 13.8 Å². The summed E-state index contributed by atoms with van der Waals surface area (Å²) in [6.45, 7) is 4.03. The molecule has 0 aliphatic carbocycles. The van der Waals surface area contributed by atoms with Gasteiger partial charge in [-0.3, -0.25) is 0 Å². The number of rotatable bonds is 4. The first kappa shape index (κ1) is 12.4. The lowest BCUT2D eigenvalue weighted by molar-refractivity contribution is 0.502. The Kier molecular flexibility index (Phi) is 6.70. The Balaban J connectivity index is 4.17. The van der Waals surface area contributed by atoms with Gasteiger partial charge >= 0.3 is 0 Å². The van der Waals surface area contributed by atoms with Crippen molar-refractivity contribution in [3.05, 3.63) is 0 Å². The molecule has 1 unspecified atom stereocenters. The summed E-state index contributed by atoms with van der Waals surface area (Å²) in [4.78, 5) is 18.5. The summed E-state index contributed by atoms with van der Waals surface area (Å²) in [5.41, 5.74) is -2.85. The standard InChI is InChI=1S/C5H15O2PS3/c1-3-10-5-11(4-2)8(6,7)9/h6-7,9H,3-5H2,1-2H3. The van der Waals surface area contributed by atoms with E-state index in [-0.39, 0.29) is 10.1 Å². The first-order valence-corrected chi connectivity index (χ1v) is 9.52. The summed E-state index contributed by atoms with van der Waals surface area (Å²) in [6, 6.07) is 0. The van der Waals surface area contributed by atoms with Gasteiger partial charge in [-0.1, -0.05) is 26.1 Å². The van der Waals surface area contributed by atoms with E-state index >= 15 is 0 Å². The Hall–Kier alpha value is 1.40. The Morgan fingerprint density at radius 3 is 2.27 bits per heavy atom. The van der Waals surface area contributed by atoms with Crippen molar-refractivity contribution in [1.29, 1.82) is 0 Å². The van der Waals surface area contributed by atoms with Crippen LogP contribution in [-0.2, 0) is 10.1 Å². The Bertz CT molecular complexity index is 157. The molecule has 0 saturated heterocycles. The molecule has 11 heavy (non-hydrogen) atoms. The van der Waals surface area contributed by atoms with Gasteiger partial charge in [0.15, 0.2) is 5.69 Å². The molecule has 0 aromatic carbocycles. The molecule has 2 nitrogen and oxygen atoms in total. The third-order valence-corrected chi connectivity index (χ3v) is 10.5. The Morgan fingerprint density at radius 1 is 1.45 bits per heavy atom. The van der Waals surface area contributed by atoms with Gasteiger partial charge in [0.05, 0.1) is 0 Å². The Labute approximate surface area is 80.0 Å². The van der Waals surface area contributed by atoms with Crippen molar-refractivity contribution in [2.75, 3.05) is 16.6 Å². The third kappa shape index (κ3) is 5.61. The van der Waals surface area contributed by atoms with E-state index in [0.29, 0.717) is 0 Å². The molecule has 1 atom stereocenters. The molecular formula is C5H15O2PS3. The fourth-order valence-corrected chi connectivity index (χ4v) is 8.82. The first-order valence-electron chi connectivity index (χ1n) is 3.35. The van der Waals surface area contributed by atoms with E-state index in [1.807, 2.05) is 6.92 Å². The van der Waals surface area contributed by atoms with Gasteiger partial charge in [-0.15, -0.1) is 10.1 Å². The average molecular weight is 234 g/mol. The van der Waals surface area contributed by atoms with Crippen LogP contribution in [0.25, 0.3) is 0 Å². The largest absolute Gasteiger partial charge is 0.341 e. The predicted molar refractivity (Wildman–Crippen MR) is 61.2 cm³/mol. The van der Waals surface area contributed by atoms with Crippen molar-refractivity contribution in [2.24, 2.45) is 0 Å².